The molecule has 0 aliphatic carbocycles. The van der Waals surface area contributed by atoms with Crippen LogP contribution in [0.4, 0.5) is 0 Å². The number of amides is 2. The van der Waals surface area contributed by atoms with E-state index in [-0.39, 0.29) is 18.4 Å². The molecule has 2 aromatic rings. The second kappa shape index (κ2) is 6.82. The van der Waals surface area contributed by atoms with Crippen LogP contribution in [0.1, 0.15) is 26.3 Å². The number of nitrogens with zero attached hydrogens (tertiary/aromatic N) is 1. The van der Waals surface area contributed by atoms with Crippen LogP contribution in [-0.4, -0.2) is 30.3 Å². The van der Waals surface area contributed by atoms with E-state index < -0.39 is 5.41 Å². The Kier molecular flexibility index (Phi) is 5.04. The summed E-state index contributed by atoms with van der Waals surface area (Å²) in [5.41, 5.74) is 0.607. The maximum atomic E-state index is 12.2. The van der Waals surface area contributed by atoms with Crippen molar-refractivity contribution in [2.24, 2.45) is 5.41 Å². The van der Waals surface area contributed by atoms with Crippen LogP contribution in [-0.2, 0) is 16.1 Å². The Morgan fingerprint density at radius 1 is 1.04 bits per heavy atom. The van der Waals surface area contributed by atoms with Crippen LogP contribution in [0.2, 0.25) is 0 Å². The molecule has 0 atom stereocenters. The summed E-state index contributed by atoms with van der Waals surface area (Å²) in [4.78, 5) is 25.7. The molecule has 0 aromatic heterocycles. The third-order valence-electron chi connectivity index (χ3n) is 3.79. The lowest BCUT2D eigenvalue weighted by Crippen LogP contribution is -2.42. The molecule has 0 radical (unpaired) electrons. The zero-order chi connectivity index (χ0) is 17.0. The number of likely N-dealkylation sites (N-methyl/N-ethyl adjacent to an activating group) is 1. The third kappa shape index (κ3) is 4.31. The second-order valence-corrected chi connectivity index (χ2v) is 6.82. The Balaban J connectivity index is 2.02. The summed E-state index contributed by atoms with van der Waals surface area (Å²) in [5.74, 6) is -0.222. The van der Waals surface area contributed by atoms with Crippen molar-refractivity contribution in [1.29, 1.82) is 0 Å². The van der Waals surface area contributed by atoms with Crippen molar-refractivity contribution in [2.45, 2.75) is 27.3 Å². The van der Waals surface area contributed by atoms with Gasteiger partial charge < -0.3 is 10.2 Å². The smallest absolute Gasteiger partial charge is 0.242 e. The first-order chi connectivity index (χ1) is 10.8. The van der Waals surface area contributed by atoms with Gasteiger partial charge in [-0.2, -0.15) is 0 Å². The molecule has 2 rings (SSSR count). The van der Waals surface area contributed by atoms with Gasteiger partial charge in [-0.25, -0.2) is 0 Å². The number of carbonyl (C=O) groups excluding carboxylic acids is 2. The maximum Gasteiger partial charge on any atom is 0.242 e. The van der Waals surface area contributed by atoms with Gasteiger partial charge >= 0.3 is 0 Å². The van der Waals surface area contributed by atoms with E-state index in [2.05, 4.69) is 23.5 Å². The van der Waals surface area contributed by atoms with Gasteiger partial charge in [-0.1, -0.05) is 63.2 Å². The minimum Gasteiger partial charge on any atom is -0.347 e. The summed E-state index contributed by atoms with van der Waals surface area (Å²) >= 11 is 0. The molecule has 0 saturated carbocycles. The first-order valence-electron chi connectivity index (χ1n) is 7.78. The zero-order valence-corrected chi connectivity index (χ0v) is 14.2. The molecule has 0 heterocycles. The monoisotopic (exact) mass is 312 g/mol. The molecule has 4 nitrogen and oxygen atoms in total. The summed E-state index contributed by atoms with van der Waals surface area (Å²) in [7, 11) is 1.76. The Labute approximate surface area is 137 Å². The molecule has 0 aliphatic heterocycles. The fourth-order valence-electron chi connectivity index (χ4n) is 2.33. The Hall–Kier alpha value is -2.36. The lowest BCUT2D eigenvalue weighted by molar-refractivity contribution is -0.134. The summed E-state index contributed by atoms with van der Waals surface area (Å²) < 4.78 is 0. The molecule has 0 saturated heterocycles. The minimum absolute atomic E-state index is 0.0252. The molecule has 4 heteroatoms. The summed E-state index contributed by atoms with van der Waals surface area (Å²) in [6.45, 7) is 6.02. The van der Waals surface area contributed by atoms with Gasteiger partial charge in [0.15, 0.2) is 0 Å². The molecular weight excluding hydrogens is 288 g/mol. The Bertz CT molecular complexity index is 711. The summed E-state index contributed by atoms with van der Waals surface area (Å²) in [6.07, 6.45) is 0. The van der Waals surface area contributed by atoms with Crippen molar-refractivity contribution in [1.82, 2.24) is 10.2 Å². The highest BCUT2D eigenvalue weighted by Gasteiger charge is 2.22. The van der Waals surface area contributed by atoms with Crippen molar-refractivity contribution in [3.8, 4) is 0 Å². The molecule has 2 aromatic carbocycles. The number of carbonyl (C=O) groups is 2. The molecule has 0 spiro atoms. The molecule has 0 aliphatic rings. The highest BCUT2D eigenvalue weighted by Crippen LogP contribution is 2.19. The molecule has 1 N–H and O–H groups in total. The highest BCUT2D eigenvalue weighted by molar-refractivity contribution is 5.88. The van der Waals surface area contributed by atoms with Crippen molar-refractivity contribution >= 4 is 22.6 Å². The van der Waals surface area contributed by atoms with Gasteiger partial charge in [-0.3, -0.25) is 9.59 Å². The molecule has 0 bridgehead atoms. The van der Waals surface area contributed by atoms with E-state index in [4.69, 9.17) is 0 Å². The largest absolute Gasteiger partial charge is 0.347 e. The molecule has 122 valence electrons. The fourth-order valence-corrected chi connectivity index (χ4v) is 2.33. The maximum absolute atomic E-state index is 12.2. The molecule has 0 fully saturated rings. The molecule has 2 amide bonds. The summed E-state index contributed by atoms with van der Waals surface area (Å²) in [6, 6.07) is 14.2. The molecule has 23 heavy (non-hydrogen) atoms. The number of benzene rings is 2. The lowest BCUT2D eigenvalue weighted by atomic mass is 9.96. The van der Waals surface area contributed by atoms with Crippen LogP contribution in [0, 0.1) is 5.41 Å². The molecule has 0 unspecified atom stereocenters. The third-order valence-corrected chi connectivity index (χ3v) is 3.79. The number of rotatable bonds is 4. The minimum atomic E-state index is -0.492. The van der Waals surface area contributed by atoms with E-state index in [1.807, 2.05) is 45.0 Å². The number of nitrogens with one attached hydrogen (secondary N) is 1. The van der Waals surface area contributed by atoms with Gasteiger partial charge in [0.05, 0.1) is 6.54 Å². The summed E-state index contributed by atoms with van der Waals surface area (Å²) in [5, 5.41) is 5.00. The quantitative estimate of drug-likeness (QED) is 0.943. The van der Waals surface area contributed by atoms with Crippen LogP contribution in [0.3, 0.4) is 0 Å². The van der Waals surface area contributed by atoms with E-state index >= 15 is 0 Å². The first-order valence-corrected chi connectivity index (χ1v) is 7.78. The van der Waals surface area contributed by atoms with E-state index in [0.29, 0.717) is 6.54 Å². The van der Waals surface area contributed by atoms with Gasteiger partial charge in [-0.05, 0) is 16.3 Å². The van der Waals surface area contributed by atoms with E-state index in [9.17, 15) is 9.59 Å². The van der Waals surface area contributed by atoms with Gasteiger partial charge in [0.25, 0.3) is 0 Å². The van der Waals surface area contributed by atoms with Crippen LogP contribution >= 0.6 is 0 Å². The van der Waals surface area contributed by atoms with Crippen LogP contribution < -0.4 is 5.32 Å². The zero-order valence-electron chi connectivity index (χ0n) is 14.2. The van der Waals surface area contributed by atoms with Crippen molar-refractivity contribution in [2.75, 3.05) is 13.6 Å². The average molecular weight is 312 g/mol. The predicted octanol–water partition coefficient (Wildman–Crippen LogP) is 2.96. The van der Waals surface area contributed by atoms with Crippen LogP contribution in [0.25, 0.3) is 10.8 Å². The van der Waals surface area contributed by atoms with Crippen LogP contribution in [0.15, 0.2) is 42.5 Å². The SMILES string of the molecule is CN(Cc1cccc2ccccc12)C(=O)CNC(=O)C(C)(C)C. The van der Waals surface area contributed by atoms with Gasteiger partial charge in [-0.15, -0.1) is 0 Å². The number of hydrogen-bond donors (Lipinski definition) is 1. The topological polar surface area (TPSA) is 49.4 Å². The van der Waals surface area contributed by atoms with Crippen molar-refractivity contribution in [3.63, 3.8) is 0 Å². The van der Waals surface area contributed by atoms with Gasteiger partial charge in [0.1, 0.15) is 0 Å². The Morgan fingerprint density at radius 3 is 2.39 bits per heavy atom. The predicted molar refractivity (Wildman–Crippen MR) is 92.9 cm³/mol. The van der Waals surface area contributed by atoms with E-state index in [1.165, 1.54) is 0 Å². The second-order valence-electron chi connectivity index (χ2n) is 6.82. The molecular formula is C19H24N2O2. The normalized spacial score (nSPS) is 11.3. The lowest BCUT2D eigenvalue weighted by Gasteiger charge is -2.21. The van der Waals surface area contributed by atoms with Gasteiger partial charge in [0.2, 0.25) is 11.8 Å². The van der Waals surface area contributed by atoms with Gasteiger partial charge in [0, 0.05) is 19.0 Å². The first kappa shape index (κ1) is 17.0. The van der Waals surface area contributed by atoms with Crippen LogP contribution in [0.5, 0.6) is 0 Å². The van der Waals surface area contributed by atoms with E-state index in [0.717, 1.165) is 16.3 Å². The fraction of sp³-hybridized carbons (Fsp3) is 0.368. The highest BCUT2D eigenvalue weighted by atomic mass is 16.2. The Morgan fingerprint density at radius 2 is 1.70 bits per heavy atom. The van der Waals surface area contributed by atoms with Crippen molar-refractivity contribution in [3.05, 3.63) is 48.0 Å². The van der Waals surface area contributed by atoms with E-state index in [1.54, 1.807) is 11.9 Å². The number of fused-ring (bicyclic) bond motifs is 1. The number of hydrogen-bond acceptors (Lipinski definition) is 2. The van der Waals surface area contributed by atoms with Crippen molar-refractivity contribution < 1.29 is 9.59 Å². The average Bonchev–Trinajstić information content (AvgIpc) is 2.51. The standard InChI is InChI=1S/C19H24N2O2/c1-19(2,3)18(23)20-12-17(22)21(4)13-15-10-7-9-14-8-5-6-11-16(14)15/h5-11H,12-13H2,1-4H3,(H,20,23).